The molecule has 28 heavy (non-hydrogen) atoms. The minimum absolute atomic E-state index is 0.113. The molecule has 2 rings (SSSR count). The van der Waals surface area contributed by atoms with Gasteiger partial charge in [-0.2, -0.15) is 0 Å². The second-order valence-corrected chi connectivity index (χ2v) is 9.47. The molecule has 0 bridgehead atoms. The summed E-state index contributed by atoms with van der Waals surface area (Å²) in [4.78, 5) is -1.91. The summed E-state index contributed by atoms with van der Waals surface area (Å²) in [5.41, 5.74) is 2.10. The van der Waals surface area contributed by atoms with Crippen molar-refractivity contribution in [3.05, 3.63) is 59.7 Å². The molecule has 1 nitrogen and oxygen atoms in total. The van der Waals surface area contributed by atoms with Crippen LogP contribution in [0.15, 0.2) is 53.4 Å². The summed E-state index contributed by atoms with van der Waals surface area (Å²) in [5.74, 6) is 0.113. The highest BCUT2D eigenvalue weighted by Gasteiger charge is 2.65. The molecule has 0 radical (unpaired) electrons. The Kier molecular flexibility index (Phi) is 6.69. The third-order valence-electron chi connectivity index (χ3n) is 4.52. The molecule has 0 saturated carbocycles. The second kappa shape index (κ2) is 8.31. The van der Waals surface area contributed by atoms with E-state index in [1.807, 2.05) is 24.3 Å². The van der Waals surface area contributed by atoms with Gasteiger partial charge in [-0.25, -0.2) is 0 Å². The number of rotatable bonds is 11. The first-order valence-electron chi connectivity index (χ1n) is 9.53. The lowest BCUT2D eigenvalue weighted by atomic mass is 10.0. The first-order valence-corrected chi connectivity index (χ1v) is 11.5. The molecule has 0 aliphatic carbocycles. The fraction of sp³-hybridized carbons (Fsp3) is 0.429. The fourth-order valence-electron chi connectivity index (χ4n) is 2.87. The minimum atomic E-state index is -9.63. The molecule has 158 valence electrons. The molecular formula is C21H27F5OS. The molecular weight excluding hydrogens is 395 g/mol. The molecule has 0 fully saturated rings. The van der Waals surface area contributed by atoms with Crippen LogP contribution in [0.25, 0.3) is 0 Å². The van der Waals surface area contributed by atoms with Gasteiger partial charge in [-0.1, -0.05) is 82.7 Å². The predicted molar refractivity (Wildman–Crippen MR) is 106 cm³/mol. The average Bonchev–Trinajstić information content (AvgIpc) is 2.62. The molecule has 0 atom stereocenters. The van der Waals surface area contributed by atoms with Gasteiger partial charge in [-0.3, -0.25) is 0 Å². The fourth-order valence-corrected chi connectivity index (χ4v) is 3.52. The minimum Gasteiger partial charge on any atom is -0.489 e. The quantitative estimate of drug-likeness (QED) is 0.260. The average molecular weight is 423 g/mol. The summed E-state index contributed by atoms with van der Waals surface area (Å²) in [6, 6.07) is 10.4. The normalized spacial score (nSPS) is 14.4. The lowest BCUT2D eigenvalue weighted by Crippen LogP contribution is -2.05. The highest BCUT2D eigenvalue weighted by Crippen LogP contribution is 3.02. The summed E-state index contributed by atoms with van der Waals surface area (Å²) in [7, 11) is -9.63. The van der Waals surface area contributed by atoms with Crippen molar-refractivity contribution in [2.24, 2.45) is 0 Å². The highest BCUT2D eigenvalue weighted by atomic mass is 32.5. The van der Waals surface area contributed by atoms with Crippen LogP contribution in [0.5, 0.6) is 5.75 Å². The van der Waals surface area contributed by atoms with E-state index in [1.165, 1.54) is 37.7 Å². The molecule has 7 heteroatoms. The smallest absolute Gasteiger partial charge is 0.310 e. The van der Waals surface area contributed by atoms with Gasteiger partial charge in [0.1, 0.15) is 17.3 Å². The monoisotopic (exact) mass is 422 g/mol. The van der Waals surface area contributed by atoms with Crippen molar-refractivity contribution in [3.63, 3.8) is 0 Å². The van der Waals surface area contributed by atoms with E-state index < -0.39 is 15.1 Å². The summed E-state index contributed by atoms with van der Waals surface area (Å²) in [6.45, 7) is 2.36. The van der Waals surface area contributed by atoms with Crippen LogP contribution < -0.4 is 4.74 Å². The van der Waals surface area contributed by atoms with Crippen molar-refractivity contribution in [2.45, 2.75) is 63.4 Å². The lowest BCUT2D eigenvalue weighted by Gasteiger charge is -2.40. The molecule has 0 amide bonds. The molecule has 0 unspecified atom stereocenters. The second-order valence-electron chi connectivity index (χ2n) is 7.06. The SMILES string of the molecule is CCCCCCCCc1ccc(COc2ccc(S(F)(F)(F)(F)F)cc2)cc1. The molecule has 2 aromatic carbocycles. The van der Waals surface area contributed by atoms with Gasteiger partial charge in [0.25, 0.3) is 0 Å². The summed E-state index contributed by atoms with van der Waals surface area (Å²) < 4.78 is 68.9. The Bertz CT molecular complexity index is 740. The Balaban J connectivity index is 1.80. The van der Waals surface area contributed by atoms with Gasteiger partial charge in [0.05, 0.1) is 0 Å². The van der Waals surface area contributed by atoms with Gasteiger partial charge in [-0.15, -0.1) is 0 Å². The zero-order chi connectivity index (χ0) is 20.7. The summed E-state index contributed by atoms with van der Waals surface area (Å²) in [6.07, 6.45) is 8.47. The Morgan fingerprint density at radius 1 is 0.679 bits per heavy atom. The van der Waals surface area contributed by atoms with E-state index in [9.17, 15) is 19.4 Å². The van der Waals surface area contributed by atoms with Crippen LogP contribution in [0, 0.1) is 0 Å². The van der Waals surface area contributed by atoms with Crippen LogP contribution in [0.1, 0.15) is 56.6 Å². The van der Waals surface area contributed by atoms with Gasteiger partial charge in [0.2, 0.25) is 0 Å². The van der Waals surface area contributed by atoms with Crippen LogP contribution in [0.2, 0.25) is 0 Å². The summed E-state index contributed by atoms with van der Waals surface area (Å²) in [5, 5.41) is 0. The number of hydrogen-bond donors (Lipinski definition) is 0. The van der Waals surface area contributed by atoms with Gasteiger partial charge in [0.15, 0.2) is 0 Å². The summed E-state index contributed by atoms with van der Waals surface area (Å²) >= 11 is 0. The Morgan fingerprint density at radius 2 is 1.21 bits per heavy atom. The third-order valence-corrected chi connectivity index (χ3v) is 5.68. The lowest BCUT2D eigenvalue weighted by molar-refractivity contribution is 0.305. The first kappa shape index (κ1) is 22.5. The molecule has 0 heterocycles. The first-order chi connectivity index (χ1) is 13.0. The van der Waals surface area contributed by atoms with Crippen molar-refractivity contribution >= 4 is 10.2 Å². The van der Waals surface area contributed by atoms with Crippen molar-refractivity contribution in [3.8, 4) is 5.75 Å². The van der Waals surface area contributed by atoms with E-state index in [4.69, 9.17) is 4.74 Å². The predicted octanol–water partition coefficient (Wildman–Crippen LogP) is 8.83. The molecule has 0 spiro atoms. The maximum absolute atomic E-state index is 12.7. The maximum Gasteiger partial charge on any atom is 0.310 e. The van der Waals surface area contributed by atoms with Crippen LogP contribution in [-0.4, -0.2) is 0 Å². The van der Waals surface area contributed by atoms with Crippen LogP contribution >= 0.6 is 10.2 Å². The standard InChI is InChI=1S/C21H27F5OS/c1-2-3-4-5-6-7-8-18-9-11-19(12-10-18)17-27-20-13-15-21(16-14-20)28(22,23,24,25)26/h9-16H,2-8,17H2,1H3. The van der Waals surface area contributed by atoms with E-state index in [0.29, 0.717) is 12.1 Å². The van der Waals surface area contributed by atoms with Gasteiger partial charge in [-0.05, 0) is 48.2 Å². The van der Waals surface area contributed by atoms with Gasteiger partial charge < -0.3 is 4.74 Å². The van der Waals surface area contributed by atoms with E-state index >= 15 is 0 Å². The number of ether oxygens (including phenoxy) is 1. The Hall–Kier alpha value is -1.76. The largest absolute Gasteiger partial charge is 0.489 e. The molecule has 0 aromatic heterocycles. The molecule has 0 saturated heterocycles. The van der Waals surface area contributed by atoms with E-state index in [0.717, 1.165) is 30.5 Å². The molecule has 0 N–H and O–H groups in total. The van der Waals surface area contributed by atoms with Crippen LogP contribution in [0.4, 0.5) is 19.4 Å². The molecule has 2 aromatic rings. The maximum atomic E-state index is 12.7. The number of benzene rings is 2. The third kappa shape index (κ3) is 7.70. The Morgan fingerprint density at radius 3 is 1.79 bits per heavy atom. The van der Waals surface area contributed by atoms with Gasteiger partial charge in [0, 0.05) is 0 Å². The van der Waals surface area contributed by atoms with Crippen molar-refractivity contribution in [1.29, 1.82) is 0 Å². The van der Waals surface area contributed by atoms with E-state index in [-0.39, 0.29) is 12.4 Å². The zero-order valence-corrected chi connectivity index (χ0v) is 16.8. The van der Waals surface area contributed by atoms with Crippen LogP contribution in [0.3, 0.4) is 0 Å². The zero-order valence-electron chi connectivity index (χ0n) is 16.0. The Labute approximate surface area is 163 Å². The molecule has 0 aliphatic heterocycles. The van der Waals surface area contributed by atoms with Crippen LogP contribution in [-0.2, 0) is 13.0 Å². The number of aryl methyl sites for hydroxylation is 1. The van der Waals surface area contributed by atoms with Gasteiger partial charge >= 0.3 is 10.2 Å². The highest BCUT2D eigenvalue weighted by molar-refractivity contribution is 8.45. The van der Waals surface area contributed by atoms with Crippen molar-refractivity contribution < 1.29 is 24.2 Å². The topological polar surface area (TPSA) is 9.23 Å². The van der Waals surface area contributed by atoms with E-state index in [2.05, 4.69) is 6.92 Å². The van der Waals surface area contributed by atoms with Crippen molar-refractivity contribution in [2.75, 3.05) is 0 Å². The van der Waals surface area contributed by atoms with Crippen molar-refractivity contribution in [1.82, 2.24) is 0 Å². The number of hydrogen-bond acceptors (Lipinski definition) is 1. The number of unbranched alkanes of at least 4 members (excludes halogenated alkanes) is 5. The van der Waals surface area contributed by atoms with E-state index in [1.54, 1.807) is 0 Å². The number of halogens is 5. The molecule has 0 aliphatic rings.